The van der Waals surface area contributed by atoms with Gasteiger partial charge in [0.1, 0.15) is 11.5 Å². The molecule has 1 fully saturated rings. The highest BCUT2D eigenvalue weighted by atomic mass is 16.3. The van der Waals surface area contributed by atoms with Crippen molar-refractivity contribution in [1.82, 2.24) is 4.90 Å². The lowest BCUT2D eigenvalue weighted by atomic mass is 9.55. The maximum Gasteiger partial charge on any atom is 0.202 e. The van der Waals surface area contributed by atoms with Gasteiger partial charge in [-0.1, -0.05) is 24.3 Å². The first kappa shape index (κ1) is 18.9. The highest BCUT2D eigenvalue weighted by Crippen LogP contribution is 2.55. The van der Waals surface area contributed by atoms with Crippen molar-refractivity contribution in [1.29, 1.82) is 0 Å². The second-order valence-corrected chi connectivity index (χ2v) is 8.29. The zero-order valence-corrected chi connectivity index (χ0v) is 15.9. The van der Waals surface area contributed by atoms with E-state index in [2.05, 4.69) is 0 Å². The van der Waals surface area contributed by atoms with Gasteiger partial charge in [-0.2, -0.15) is 0 Å². The van der Waals surface area contributed by atoms with Gasteiger partial charge in [0.25, 0.3) is 0 Å². The van der Waals surface area contributed by atoms with Crippen molar-refractivity contribution in [2.45, 2.75) is 30.6 Å². The van der Waals surface area contributed by atoms with E-state index in [0.717, 1.165) is 6.08 Å². The van der Waals surface area contributed by atoms with Crippen LogP contribution in [0.15, 0.2) is 41.7 Å². The van der Waals surface area contributed by atoms with Gasteiger partial charge in [-0.15, -0.1) is 0 Å². The Morgan fingerprint density at radius 1 is 1.11 bits per heavy atom. The minimum atomic E-state index is -2.33. The average molecular weight is 385 g/mol. The second-order valence-electron chi connectivity index (χ2n) is 8.29. The van der Waals surface area contributed by atoms with Crippen LogP contribution in [-0.4, -0.2) is 62.6 Å². The Balaban J connectivity index is 1.98. The molecule has 3 aliphatic rings. The molecule has 0 aromatic heterocycles. The highest BCUT2D eigenvalue weighted by molar-refractivity contribution is 6.13. The molecule has 1 aromatic carbocycles. The van der Waals surface area contributed by atoms with E-state index < -0.39 is 46.4 Å². The van der Waals surface area contributed by atoms with Crippen molar-refractivity contribution < 1.29 is 30.0 Å². The number of aliphatic hydroxyl groups excluding tert-OH is 2. The number of benzene rings is 1. The molecule has 0 aliphatic heterocycles. The molecule has 28 heavy (non-hydrogen) atoms. The smallest absolute Gasteiger partial charge is 0.202 e. The Labute approximate surface area is 162 Å². The van der Waals surface area contributed by atoms with E-state index in [-0.39, 0.29) is 17.8 Å². The number of rotatable bonds is 1. The second kappa shape index (κ2) is 5.76. The number of carbonyl (C=O) groups is 2. The van der Waals surface area contributed by atoms with Crippen LogP contribution in [0.3, 0.4) is 0 Å². The van der Waals surface area contributed by atoms with Crippen molar-refractivity contribution in [3.05, 3.63) is 52.8 Å². The van der Waals surface area contributed by atoms with Crippen LogP contribution in [0.1, 0.15) is 24.5 Å². The van der Waals surface area contributed by atoms with Crippen molar-refractivity contribution in [2.75, 3.05) is 14.1 Å². The molecule has 4 rings (SSSR count). The number of aliphatic hydroxyl groups is 4. The van der Waals surface area contributed by atoms with E-state index in [1.54, 1.807) is 50.2 Å². The zero-order valence-electron chi connectivity index (χ0n) is 15.9. The standard InChI is InChI=1S/C21H23NO6/c1-20(27)11-7-5-4-6-10(11)18(25)16-12(20)8-13-17(22(2)3)14(23)9-15(24)21(13,28)19(16)26/h4-7,9,12-13,17,24-25,27-28H,8H2,1-3H3/t12-,13-,17-,20-,21+/m0/s1. The van der Waals surface area contributed by atoms with Crippen LogP contribution in [0.2, 0.25) is 0 Å². The molecule has 148 valence electrons. The summed E-state index contributed by atoms with van der Waals surface area (Å²) in [6, 6.07) is 5.83. The molecule has 0 heterocycles. The molecule has 3 aliphatic carbocycles. The molecule has 0 bridgehead atoms. The van der Waals surface area contributed by atoms with Crippen molar-refractivity contribution in [3.63, 3.8) is 0 Å². The minimum Gasteiger partial charge on any atom is -0.509 e. The lowest BCUT2D eigenvalue weighted by Crippen LogP contribution is -2.65. The van der Waals surface area contributed by atoms with E-state index in [4.69, 9.17) is 0 Å². The summed E-state index contributed by atoms with van der Waals surface area (Å²) in [5.41, 5.74) is -3.15. The number of hydrogen-bond donors (Lipinski definition) is 4. The number of carbonyl (C=O) groups excluding carboxylic acids is 2. The van der Waals surface area contributed by atoms with E-state index in [9.17, 15) is 30.0 Å². The molecule has 4 N–H and O–H groups in total. The summed E-state index contributed by atoms with van der Waals surface area (Å²) < 4.78 is 0. The van der Waals surface area contributed by atoms with Crippen molar-refractivity contribution in [2.24, 2.45) is 11.8 Å². The van der Waals surface area contributed by atoms with E-state index in [1.807, 2.05) is 0 Å². The fourth-order valence-corrected chi connectivity index (χ4v) is 5.13. The Bertz CT molecular complexity index is 959. The van der Waals surface area contributed by atoms with Crippen LogP contribution >= 0.6 is 0 Å². The third-order valence-corrected chi connectivity index (χ3v) is 6.53. The Morgan fingerprint density at radius 2 is 1.75 bits per heavy atom. The largest absolute Gasteiger partial charge is 0.509 e. The lowest BCUT2D eigenvalue weighted by Gasteiger charge is -2.52. The maximum atomic E-state index is 13.4. The Kier molecular flexibility index (Phi) is 3.88. The number of fused-ring (bicyclic) bond motifs is 3. The predicted molar refractivity (Wildman–Crippen MR) is 100 cm³/mol. The monoisotopic (exact) mass is 385 g/mol. The topological polar surface area (TPSA) is 118 Å². The summed E-state index contributed by atoms with van der Waals surface area (Å²) in [7, 11) is 3.31. The molecule has 0 amide bonds. The normalized spacial score (nSPS) is 37.4. The molecular formula is C21H23NO6. The van der Waals surface area contributed by atoms with Gasteiger partial charge in [-0.25, -0.2) is 0 Å². The molecule has 5 atom stereocenters. The molecule has 0 radical (unpaired) electrons. The van der Waals surface area contributed by atoms with Crippen LogP contribution in [0.25, 0.3) is 5.76 Å². The quantitative estimate of drug-likeness (QED) is 0.571. The predicted octanol–water partition coefficient (Wildman–Crippen LogP) is 1.07. The van der Waals surface area contributed by atoms with Gasteiger partial charge in [0, 0.05) is 29.0 Å². The number of ketones is 2. The summed E-state index contributed by atoms with van der Waals surface area (Å²) in [6.45, 7) is 1.56. The van der Waals surface area contributed by atoms with E-state index in [1.165, 1.54) is 0 Å². The molecular weight excluding hydrogens is 362 g/mol. The molecule has 7 nitrogen and oxygen atoms in total. The van der Waals surface area contributed by atoms with Gasteiger partial charge in [0.05, 0.1) is 11.6 Å². The Morgan fingerprint density at radius 3 is 2.39 bits per heavy atom. The third kappa shape index (κ3) is 2.15. The van der Waals surface area contributed by atoms with E-state index >= 15 is 0 Å². The first-order valence-corrected chi connectivity index (χ1v) is 9.16. The van der Waals surface area contributed by atoms with Crippen LogP contribution in [0.5, 0.6) is 0 Å². The zero-order chi connectivity index (χ0) is 20.6. The van der Waals surface area contributed by atoms with Crippen LogP contribution < -0.4 is 0 Å². The van der Waals surface area contributed by atoms with Gasteiger partial charge >= 0.3 is 0 Å². The number of Topliss-reactive ketones (excluding diaryl/α,β-unsaturated/α-hetero) is 1. The third-order valence-electron chi connectivity index (χ3n) is 6.53. The Hall–Kier alpha value is -2.48. The SMILES string of the molecule is CN(C)[C@@H]1C(=O)C=C(O)[C@@]2(O)C(=O)C3=C(O)c4ccccc4[C@](C)(O)[C@H]3C[C@@H]12. The summed E-state index contributed by atoms with van der Waals surface area (Å²) in [6.07, 6.45) is 0.918. The van der Waals surface area contributed by atoms with Crippen LogP contribution in [-0.2, 0) is 15.2 Å². The minimum absolute atomic E-state index is 0.0372. The van der Waals surface area contributed by atoms with Crippen molar-refractivity contribution in [3.8, 4) is 0 Å². The van der Waals surface area contributed by atoms with Gasteiger partial charge in [-0.3, -0.25) is 14.5 Å². The summed E-state index contributed by atoms with van der Waals surface area (Å²) in [5, 5.41) is 43.8. The average Bonchev–Trinajstić information content (AvgIpc) is 2.62. The first-order valence-electron chi connectivity index (χ1n) is 9.16. The van der Waals surface area contributed by atoms with Crippen molar-refractivity contribution >= 4 is 17.3 Å². The van der Waals surface area contributed by atoms with Crippen LogP contribution in [0, 0.1) is 11.8 Å². The number of likely N-dealkylation sites (N-methyl/N-ethyl adjacent to an activating group) is 1. The van der Waals surface area contributed by atoms with Gasteiger partial charge in [0.2, 0.25) is 5.78 Å². The lowest BCUT2D eigenvalue weighted by molar-refractivity contribution is -0.157. The maximum absolute atomic E-state index is 13.4. The fraction of sp³-hybridized carbons (Fsp3) is 0.429. The number of hydrogen-bond acceptors (Lipinski definition) is 7. The van der Waals surface area contributed by atoms with Crippen LogP contribution in [0.4, 0.5) is 0 Å². The fourth-order valence-electron chi connectivity index (χ4n) is 5.13. The summed E-state index contributed by atoms with van der Waals surface area (Å²) >= 11 is 0. The molecule has 7 heteroatoms. The number of nitrogens with zero attached hydrogens (tertiary/aromatic N) is 1. The highest BCUT2D eigenvalue weighted by Gasteiger charge is 2.64. The van der Waals surface area contributed by atoms with E-state index in [0.29, 0.717) is 11.1 Å². The first-order chi connectivity index (χ1) is 13.0. The molecule has 1 aromatic rings. The molecule has 0 unspecified atom stereocenters. The van der Waals surface area contributed by atoms with Gasteiger partial charge in [-0.05, 0) is 33.0 Å². The molecule has 1 saturated carbocycles. The molecule has 0 spiro atoms. The van der Waals surface area contributed by atoms with Gasteiger partial charge < -0.3 is 20.4 Å². The summed E-state index contributed by atoms with van der Waals surface area (Å²) in [4.78, 5) is 27.5. The van der Waals surface area contributed by atoms with Gasteiger partial charge in [0.15, 0.2) is 11.4 Å². The molecule has 0 saturated heterocycles. The summed E-state index contributed by atoms with van der Waals surface area (Å²) in [5.74, 6) is -4.13.